The van der Waals surface area contributed by atoms with Gasteiger partial charge >= 0.3 is 5.97 Å². The summed E-state index contributed by atoms with van der Waals surface area (Å²) >= 11 is 0. The lowest BCUT2D eigenvalue weighted by Crippen LogP contribution is -2.34. The first-order valence-corrected chi connectivity index (χ1v) is 10.7. The molecular weight excluding hydrogens is 390 g/mol. The van der Waals surface area contributed by atoms with Gasteiger partial charge in [-0.2, -0.15) is 0 Å². The van der Waals surface area contributed by atoms with Gasteiger partial charge in [0.15, 0.2) is 0 Å². The second-order valence-corrected chi connectivity index (χ2v) is 7.97. The summed E-state index contributed by atoms with van der Waals surface area (Å²) in [6.45, 7) is 2.30. The first kappa shape index (κ1) is 20.9. The molecule has 1 aliphatic carbocycles. The van der Waals surface area contributed by atoms with Crippen LogP contribution in [0.25, 0.3) is 6.08 Å². The average Bonchev–Trinajstić information content (AvgIpc) is 3.39. The number of nitrogens with zero attached hydrogens (tertiary/aromatic N) is 1. The summed E-state index contributed by atoms with van der Waals surface area (Å²) in [5, 5.41) is 0. The third kappa shape index (κ3) is 4.41. The van der Waals surface area contributed by atoms with Crippen LogP contribution in [0.2, 0.25) is 0 Å². The zero-order valence-electron chi connectivity index (χ0n) is 18.0. The van der Waals surface area contributed by atoms with Crippen LogP contribution in [-0.4, -0.2) is 29.9 Å². The maximum Gasteiger partial charge on any atom is 0.340 e. The molecule has 1 saturated carbocycles. The van der Waals surface area contributed by atoms with E-state index in [2.05, 4.69) is 0 Å². The minimum absolute atomic E-state index is 0.125. The fraction of sp³-hybridized carbons (Fsp3) is 0.308. The third-order valence-corrected chi connectivity index (χ3v) is 5.94. The molecule has 2 aromatic rings. The summed E-state index contributed by atoms with van der Waals surface area (Å²) in [5.41, 5.74) is 3.31. The van der Waals surface area contributed by atoms with E-state index in [9.17, 15) is 9.59 Å². The van der Waals surface area contributed by atoms with Crippen molar-refractivity contribution >= 4 is 18.0 Å². The second-order valence-electron chi connectivity index (χ2n) is 7.97. The summed E-state index contributed by atoms with van der Waals surface area (Å²) < 4.78 is 10.9. The van der Waals surface area contributed by atoms with E-state index in [-0.39, 0.29) is 11.9 Å². The molecule has 2 aromatic carbocycles. The van der Waals surface area contributed by atoms with Crippen LogP contribution in [0.3, 0.4) is 0 Å². The van der Waals surface area contributed by atoms with E-state index in [4.69, 9.17) is 9.47 Å². The molecule has 4 rings (SSSR count). The molecule has 0 saturated heterocycles. The van der Waals surface area contributed by atoms with Crippen LogP contribution in [0, 0.1) is 0 Å². The van der Waals surface area contributed by atoms with Gasteiger partial charge in [0, 0.05) is 11.7 Å². The van der Waals surface area contributed by atoms with Gasteiger partial charge in [0.05, 0.1) is 18.3 Å². The van der Waals surface area contributed by atoms with Crippen molar-refractivity contribution in [1.29, 1.82) is 0 Å². The fourth-order valence-corrected chi connectivity index (χ4v) is 4.40. The van der Waals surface area contributed by atoms with Crippen molar-refractivity contribution in [3.63, 3.8) is 0 Å². The molecule has 0 atom stereocenters. The fourth-order valence-electron chi connectivity index (χ4n) is 4.40. The lowest BCUT2D eigenvalue weighted by atomic mass is 10.0. The van der Waals surface area contributed by atoms with Gasteiger partial charge < -0.3 is 14.4 Å². The van der Waals surface area contributed by atoms with Gasteiger partial charge in [0.25, 0.3) is 5.91 Å². The topological polar surface area (TPSA) is 55.8 Å². The Labute approximate surface area is 183 Å². The van der Waals surface area contributed by atoms with Gasteiger partial charge in [-0.25, -0.2) is 4.79 Å². The molecule has 31 heavy (non-hydrogen) atoms. The molecule has 160 valence electrons. The van der Waals surface area contributed by atoms with Crippen LogP contribution in [0.5, 0.6) is 5.75 Å². The van der Waals surface area contributed by atoms with Crippen LogP contribution in [0.1, 0.15) is 43.7 Å². The number of hydrogen-bond acceptors (Lipinski definition) is 4. The Morgan fingerprint density at radius 2 is 1.84 bits per heavy atom. The summed E-state index contributed by atoms with van der Waals surface area (Å²) in [5.74, 6) is 0.103. The van der Waals surface area contributed by atoms with Crippen molar-refractivity contribution in [2.75, 3.05) is 7.11 Å². The zero-order chi connectivity index (χ0) is 21.8. The molecule has 0 radical (unpaired) electrons. The minimum Gasteiger partial charge on any atom is -0.489 e. The number of esters is 1. The molecule has 1 fully saturated rings. The Kier molecular flexibility index (Phi) is 6.21. The molecule has 5 heteroatoms. The number of ether oxygens (including phenoxy) is 2. The van der Waals surface area contributed by atoms with Gasteiger partial charge in [-0.05, 0) is 49.1 Å². The van der Waals surface area contributed by atoms with Crippen molar-refractivity contribution in [2.45, 2.75) is 45.3 Å². The SMILES string of the molecule is COC(=O)C1=C(C)N(C2CCCC2)C(=O)/C1=C\c1cccc(OCc2ccccc2)c1. The van der Waals surface area contributed by atoms with E-state index in [1.54, 1.807) is 11.0 Å². The van der Waals surface area contributed by atoms with E-state index in [0.717, 1.165) is 36.8 Å². The summed E-state index contributed by atoms with van der Waals surface area (Å²) in [6, 6.07) is 17.6. The van der Waals surface area contributed by atoms with Crippen molar-refractivity contribution in [3.05, 3.63) is 82.6 Å². The normalized spacial score (nSPS) is 18.2. The number of methoxy groups -OCH3 is 1. The van der Waals surface area contributed by atoms with Crippen molar-refractivity contribution in [1.82, 2.24) is 4.90 Å². The Morgan fingerprint density at radius 3 is 2.55 bits per heavy atom. The number of amides is 1. The molecule has 2 aliphatic rings. The molecule has 1 heterocycles. The number of carbonyl (C=O) groups excluding carboxylic acids is 2. The molecule has 0 aromatic heterocycles. The largest absolute Gasteiger partial charge is 0.489 e. The lowest BCUT2D eigenvalue weighted by molar-refractivity contribution is -0.136. The first-order chi connectivity index (χ1) is 15.1. The number of rotatable bonds is 6. The standard InChI is InChI=1S/C26H27NO4/c1-18-24(26(29)30-2)23(25(28)27(18)21-12-6-7-13-21)16-20-11-8-14-22(15-20)31-17-19-9-4-3-5-10-19/h3-5,8-11,14-16,21H,6-7,12-13,17H2,1-2H3/b23-16-. The quantitative estimate of drug-likeness (QED) is 0.497. The Morgan fingerprint density at radius 1 is 1.10 bits per heavy atom. The van der Waals surface area contributed by atoms with E-state index in [1.165, 1.54) is 7.11 Å². The van der Waals surface area contributed by atoms with Crippen LogP contribution in [-0.2, 0) is 20.9 Å². The maximum absolute atomic E-state index is 13.3. The predicted molar refractivity (Wildman–Crippen MR) is 119 cm³/mol. The number of benzene rings is 2. The van der Waals surface area contributed by atoms with Gasteiger partial charge in [0.2, 0.25) is 0 Å². The van der Waals surface area contributed by atoms with E-state index < -0.39 is 5.97 Å². The first-order valence-electron chi connectivity index (χ1n) is 10.7. The van der Waals surface area contributed by atoms with Crippen LogP contribution < -0.4 is 4.74 Å². The Bertz CT molecular complexity index is 1030. The van der Waals surface area contributed by atoms with Gasteiger partial charge in [0.1, 0.15) is 12.4 Å². The smallest absolute Gasteiger partial charge is 0.340 e. The minimum atomic E-state index is -0.478. The maximum atomic E-state index is 13.3. The monoisotopic (exact) mass is 417 g/mol. The van der Waals surface area contributed by atoms with Gasteiger partial charge in [-0.1, -0.05) is 55.3 Å². The second kappa shape index (κ2) is 9.21. The van der Waals surface area contributed by atoms with E-state index in [0.29, 0.717) is 29.2 Å². The molecular formula is C26H27NO4. The van der Waals surface area contributed by atoms with Crippen molar-refractivity contribution in [3.8, 4) is 5.75 Å². The molecule has 1 aliphatic heterocycles. The molecule has 1 amide bonds. The third-order valence-electron chi connectivity index (χ3n) is 5.94. The van der Waals surface area contributed by atoms with Gasteiger partial charge in [-0.3, -0.25) is 4.79 Å². The summed E-state index contributed by atoms with van der Waals surface area (Å²) in [4.78, 5) is 27.6. The van der Waals surface area contributed by atoms with E-state index >= 15 is 0 Å². The van der Waals surface area contributed by atoms with Gasteiger partial charge in [-0.15, -0.1) is 0 Å². The number of carbonyl (C=O) groups is 2. The predicted octanol–water partition coefficient (Wildman–Crippen LogP) is 4.88. The molecule has 0 unspecified atom stereocenters. The van der Waals surface area contributed by atoms with Crippen LogP contribution >= 0.6 is 0 Å². The van der Waals surface area contributed by atoms with Crippen LogP contribution in [0.15, 0.2) is 71.4 Å². The molecule has 0 N–H and O–H groups in total. The highest BCUT2D eigenvalue weighted by Gasteiger charge is 2.41. The average molecular weight is 418 g/mol. The summed E-state index contributed by atoms with van der Waals surface area (Å²) in [7, 11) is 1.35. The zero-order valence-corrected chi connectivity index (χ0v) is 18.0. The molecule has 5 nitrogen and oxygen atoms in total. The van der Waals surface area contributed by atoms with Crippen molar-refractivity contribution in [2.24, 2.45) is 0 Å². The summed E-state index contributed by atoms with van der Waals surface area (Å²) in [6.07, 6.45) is 5.91. The van der Waals surface area contributed by atoms with Crippen LogP contribution in [0.4, 0.5) is 0 Å². The highest BCUT2D eigenvalue weighted by atomic mass is 16.5. The van der Waals surface area contributed by atoms with Crippen molar-refractivity contribution < 1.29 is 19.1 Å². The van der Waals surface area contributed by atoms with E-state index in [1.807, 2.05) is 61.5 Å². The highest BCUT2D eigenvalue weighted by Crippen LogP contribution is 2.37. The lowest BCUT2D eigenvalue weighted by Gasteiger charge is -2.25. The number of allylic oxidation sites excluding steroid dienone is 1. The Hall–Kier alpha value is -3.34. The number of hydrogen-bond donors (Lipinski definition) is 0. The molecule has 0 bridgehead atoms. The Balaban J connectivity index is 1.61. The highest BCUT2D eigenvalue weighted by molar-refractivity contribution is 6.16. The molecule has 0 spiro atoms.